The van der Waals surface area contributed by atoms with Crippen LogP contribution in [0.2, 0.25) is 0 Å². The van der Waals surface area contributed by atoms with Crippen LogP contribution in [0.3, 0.4) is 0 Å². The van der Waals surface area contributed by atoms with Crippen molar-refractivity contribution < 1.29 is 17.2 Å². The highest BCUT2D eigenvalue weighted by Crippen LogP contribution is 2.24. The van der Waals surface area contributed by atoms with E-state index in [2.05, 4.69) is 28.5 Å². The second kappa shape index (κ2) is 8.66. The number of piperazine rings is 1. The number of nitrogens with one attached hydrogen (secondary N) is 1. The zero-order chi connectivity index (χ0) is 20.3. The van der Waals surface area contributed by atoms with Crippen molar-refractivity contribution in [1.82, 2.24) is 13.7 Å². The van der Waals surface area contributed by atoms with Crippen LogP contribution in [0.5, 0.6) is 0 Å². The Balaban J connectivity index is 1.57. The highest BCUT2D eigenvalue weighted by atomic mass is 32.2. The minimum Gasteiger partial charge on any atom is -0.369 e. The molecule has 1 aliphatic heterocycles. The SMILES string of the molecule is CC(C)Cc1nsc(Nc2ccc(N3CCN(S(=O)(=O)C(F)F)CC3)cc2)n1. The number of nitrogens with zero attached hydrogens (tertiary/aromatic N) is 4. The largest absolute Gasteiger partial charge is 0.369 e. The first-order valence-electron chi connectivity index (χ1n) is 8.97. The lowest BCUT2D eigenvalue weighted by atomic mass is 10.1. The standard InChI is InChI=1S/C17H23F2N5O2S2/c1-12(2)11-15-21-17(27-22-15)20-13-3-5-14(6-4-13)23-7-9-24(10-8-23)28(25,26)16(18)19/h3-6,12,16H,7-11H2,1-2H3,(H,20,21,22). The van der Waals surface area contributed by atoms with Gasteiger partial charge >= 0.3 is 5.76 Å². The molecule has 1 saturated heterocycles. The van der Waals surface area contributed by atoms with E-state index >= 15 is 0 Å². The molecule has 0 aliphatic carbocycles. The first kappa shape index (κ1) is 20.9. The average Bonchev–Trinajstić information content (AvgIpc) is 3.08. The van der Waals surface area contributed by atoms with Gasteiger partial charge in [-0.25, -0.2) is 13.4 Å². The first-order chi connectivity index (χ1) is 13.3. The van der Waals surface area contributed by atoms with Gasteiger partial charge in [-0.3, -0.25) is 0 Å². The Morgan fingerprint density at radius 3 is 2.36 bits per heavy atom. The molecule has 7 nitrogen and oxygen atoms in total. The van der Waals surface area contributed by atoms with Crippen LogP contribution < -0.4 is 10.2 Å². The van der Waals surface area contributed by atoms with Crippen LogP contribution in [-0.2, 0) is 16.4 Å². The van der Waals surface area contributed by atoms with Crippen molar-refractivity contribution in [2.45, 2.75) is 26.0 Å². The summed E-state index contributed by atoms with van der Waals surface area (Å²) in [5, 5.41) is 3.95. The van der Waals surface area contributed by atoms with E-state index in [9.17, 15) is 17.2 Å². The molecule has 0 spiro atoms. The Bertz CT molecular complexity index is 879. The van der Waals surface area contributed by atoms with Gasteiger partial charge in [0.05, 0.1) is 0 Å². The van der Waals surface area contributed by atoms with E-state index in [4.69, 9.17) is 0 Å². The van der Waals surface area contributed by atoms with Crippen LogP contribution in [0.25, 0.3) is 0 Å². The minimum atomic E-state index is -4.50. The van der Waals surface area contributed by atoms with E-state index in [-0.39, 0.29) is 13.1 Å². The summed E-state index contributed by atoms with van der Waals surface area (Å²) in [6.45, 7) is 5.08. The van der Waals surface area contributed by atoms with E-state index in [0.717, 1.165) is 33.1 Å². The van der Waals surface area contributed by atoms with Gasteiger partial charge in [0.1, 0.15) is 5.82 Å². The summed E-state index contributed by atoms with van der Waals surface area (Å²) in [6, 6.07) is 7.63. The summed E-state index contributed by atoms with van der Waals surface area (Å²) in [5.74, 6) is -2.04. The van der Waals surface area contributed by atoms with Crippen LogP contribution in [0.1, 0.15) is 19.7 Å². The van der Waals surface area contributed by atoms with Crippen molar-refractivity contribution in [2.24, 2.45) is 5.92 Å². The summed E-state index contributed by atoms with van der Waals surface area (Å²) in [5.41, 5.74) is 1.78. The van der Waals surface area contributed by atoms with Crippen molar-refractivity contribution in [3.8, 4) is 0 Å². The van der Waals surface area contributed by atoms with Crippen molar-refractivity contribution in [3.05, 3.63) is 30.1 Å². The molecule has 0 saturated carbocycles. The van der Waals surface area contributed by atoms with Gasteiger partial charge in [0.2, 0.25) is 5.13 Å². The molecule has 0 amide bonds. The number of alkyl halides is 2. The molecule has 1 aromatic carbocycles. The third-order valence-corrected chi connectivity index (χ3v) is 6.57. The molecule has 28 heavy (non-hydrogen) atoms. The van der Waals surface area contributed by atoms with Crippen LogP contribution in [0, 0.1) is 5.92 Å². The zero-order valence-electron chi connectivity index (χ0n) is 15.7. The van der Waals surface area contributed by atoms with E-state index in [1.165, 1.54) is 11.5 Å². The lowest BCUT2D eigenvalue weighted by Gasteiger charge is -2.35. The second-order valence-corrected chi connectivity index (χ2v) is 9.63. The summed E-state index contributed by atoms with van der Waals surface area (Å²) < 4.78 is 53.6. The fraction of sp³-hybridized carbons (Fsp3) is 0.529. The normalized spacial score (nSPS) is 16.1. The van der Waals surface area contributed by atoms with Crippen LogP contribution in [0.4, 0.5) is 25.3 Å². The van der Waals surface area contributed by atoms with Crippen LogP contribution in [-0.4, -0.2) is 54.0 Å². The molecule has 0 radical (unpaired) electrons. The number of rotatable bonds is 7. The summed E-state index contributed by atoms with van der Waals surface area (Å²) >= 11 is 1.32. The molecule has 1 fully saturated rings. The molecular weight excluding hydrogens is 408 g/mol. The molecule has 11 heteroatoms. The maximum Gasteiger partial charge on any atom is 0.350 e. The lowest BCUT2D eigenvalue weighted by molar-refractivity contribution is 0.217. The molecule has 0 unspecified atom stereocenters. The van der Waals surface area contributed by atoms with Gasteiger partial charge in [-0.05, 0) is 30.2 Å². The van der Waals surface area contributed by atoms with Crippen LogP contribution >= 0.6 is 11.5 Å². The molecule has 0 atom stereocenters. The number of halogens is 2. The predicted octanol–water partition coefficient (Wildman–Crippen LogP) is 3.15. The van der Waals surface area contributed by atoms with E-state index < -0.39 is 15.8 Å². The number of anilines is 3. The Labute approximate surface area is 167 Å². The maximum atomic E-state index is 12.6. The monoisotopic (exact) mass is 431 g/mol. The highest BCUT2D eigenvalue weighted by Gasteiger charge is 2.34. The quantitative estimate of drug-likeness (QED) is 0.726. The number of benzene rings is 1. The molecular formula is C17H23F2N5O2S2. The highest BCUT2D eigenvalue weighted by molar-refractivity contribution is 7.89. The Kier molecular flexibility index (Phi) is 6.46. The van der Waals surface area contributed by atoms with Gasteiger partial charge < -0.3 is 10.2 Å². The predicted molar refractivity (Wildman–Crippen MR) is 107 cm³/mol. The van der Waals surface area contributed by atoms with Crippen molar-refractivity contribution >= 4 is 38.1 Å². The summed E-state index contributed by atoms with van der Waals surface area (Å²) in [7, 11) is -4.50. The lowest BCUT2D eigenvalue weighted by Crippen LogP contribution is -2.50. The minimum absolute atomic E-state index is 0.0517. The van der Waals surface area contributed by atoms with Gasteiger partial charge in [0.25, 0.3) is 10.0 Å². The Morgan fingerprint density at radius 1 is 1.14 bits per heavy atom. The third-order valence-electron chi connectivity index (χ3n) is 4.37. The van der Waals surface area contributed by atoms with E-state index in [1.807, 2.05) is 29.2 Å². The van der Waals surface area contributed by atoms with Crippen LogP contribution in [0.15, 0.2) is 24.3 Å². The van der Waals surface area contributed by atoms with Gasteiger partial charge in [-0.15, -0.1) is 0 Å². The fourth-order valence-corrected chi connectivity index (χ4v) is 4.46. The van der Waals surface area contributed by atoms with Crippen molar-refractivity contribution in [1.29, 1.82) is 0 Å². The number of aromatic nitrogens is 2. The van der Waals surface area contributed by atoms with Gasteiger partial charge in [0.15, 0.2) is 0 Å². The number of hydrogen-bond acceptors (Lipinski definition) is 7. The number of sulfonamides is 1. The molecule has 154 valence electrons. The molecule has 1 aromatic heterocycles. The third kappa shape index (κ3) is 4.95. The van der Waals surface area contributed by atoms with Gasteiger partial charge in [-0.1, -0.05) is 13.8 Å². The topological polar surface area (TPSA) is 78.4 Å². The zero-order valence-corrected chi connectivity index (χ0v) is 17.3. The Morgan fingerprint density at radius 2 is 1.79 bits per heavy atom. The van der Waals surface area contributed by atoms with Gasteiger partial charge in [-0.2, -0.15) is 17.5 Å². The summed E-state index contributed by atoms with van der Waals surface area (Å²) in [4.78, 5) is 6.44. The molecule has 1 aliphatic rings. The van der Waals surface area contributed by atoms with E-state index in [1.54, 1.807) is 0 Å². The van der Waals surface area contributed by atoms with Crippen molar-refractivity contribution in [2.75, 3.05) is 36.4 Å². The Hall–Kier alpha value is -1.85. The molecule has 2 heterocycles. The first-order valence-corrected chi connectivity index (χ1v) is 11.2. The molecule has 2 aromatic rings. The smallest absolute Gasteiger partial charge is 0.350 e. The summed E-state index contributed by atoms with van der Waals surface area (Å²) in [6.07, 6.45) is 0.838. The average molecular weight is 432 g/mol. The van der Waals surface area contributed by atoms with Crippen molar-refractivity contribution in [3.63, 3.8) is 0 Å². The second-order valence-electron chi connectivity index (χ2n) is 6.98. The molecule has 3 rings (SSSR count). The molecule has 1 N–H and O–H groups in total. The maximum absolute atomic E-state index is 12.6. The van der Waals surface area contributed by atoms with Gasteiger partial charge in [0, 0.05) is 55.5 Å². The number of hydrogen-bond donors (Lipinski definition) is 1. The molecule has 0 bridgehead atoms. The fourth-order valence-electron chi connectivity index (χ4n) is 2.95. The van der Waals surface area contributed by atoms with E-state index in [0.29, 0.717) is 19.0 Å².